The Balaban J connectivity index is 1.64. The van der Waals surface area contributed by atoms with Crippen LogP contribution >= 0.6 is 0 Å². The van der Waals surface area contributed by atoms with Crippen LogP contribution in [0.1, 0.15) is 23.0 Å². The molecule has 2 heterocycles. The van der Waals surface area contributed by atoms with E-state index in [0.717, 1.165) is 28.2 Å². The molecule has 0 saturated heterocycles. The van der Waals surface area contributed by atoms with E-state index in [1.807, 2.05) is 72.8 Å². The van der Waals surface area contributed by atoms with Gasteiger partial charge in [0.1, 0.15) is 5.82 Å². The number of carbonyl (C=O) groups excluding carboxylic acids is 1. The van der Waals surface area contributed by atoms with Crippen molar-refractivity contribution in [2.45, 2.75) is 12.5 Å². The van der Waals surface area contributed by atoms with Gasteiger partial charge in [-0.2, -0.15) is 0 Å². The second kappa shape index (κ2) is 6.78. The predicted molar refractivity (Wildman–Crippen MR) is 108 cm³/mol. The van der Waals surface area contributed by atoms with Crippen LogP contribution in [0.2, 0.25) is 0 Å². The van der Waals surface area contributed by atoms with Gasteiger partial charge in [-0.15, -0.1) is 5.10 Å². The molecule has 5 nitrogen and oxygen atoms in total. The van der Waals surface area contributed by atoms with E-state index >= 15 is 0 Å². The molecule has 0 fully saturated rings. The Morgan fingerprint density at radius 1 is 0.857 bits per heavy atom. The smallest absolute Gasteiger partial charge is 0.254 e. The zero-order chi connectivity index (χ0) is 18.9. The third kappa shape index (κ3) is 2.87. The zero-order valence-corrected chi connectivity index (χ0v) is 15.1. The molecule has 0 aliphatic carbocycles. The van der Waals surface area contributed by atoms with Crippen LogP contribution in [0.5, 0.6) is 0 Å². The highest BCUT2D eigenvalue weighted by Gasteiger charge is 2.34. The number of hydrogen-bond acceptors (Lipinski definition) is 3. The average Bonchev–Trinajstić information content (AvgIpc) is 3.29. The number of rotatable bonds is 4. The molecule has 1 aliphatic rings. The van der Waals surface area contributed by atoms with E-state index in [1.165, 1.54) is 0 Å². The minimum absolute atomic E-state index is 0.0833. The average molecular weight is 366 g/mol. The van der Waals surface area contributed by atoms with Gasteiger partial charge in [-0.25, -0.2) is 9.67 Å². The molecule has 1 N–H and O–H groups in total. The van der Waals surface area contributed by atoms with Crippen LogP contribution in [-0.2, 0) is 11.2 Å². The Morgan fingerprint density at radius 3 is 2.32 bits per heavy atom. The molecule has 0 radical (unpaired) electrons. The first-order valence-electron chi connectivity index (χ1n) is 9.24. The van der Waals surface area contributed by atoms with Crippen LogP contribution in [0.15, 0.2) is 84.9 Å². The van der Waals surface area contributed by atoms with Gasteiger partial charge in [0, 0.05) is 23.2 Å². The highest BCUT2D eigenvalue weighted by Crippen LogP contribution is 2.34. The number of anilines is 1. The Morgan fingerprint density at radius 2 is 1.54 bits per heavy atom. The number of para-hydroxylation sites is 1. The second-order valence-electron chi connectivity index (χ2n) is 6.80. The van der Waals surface area contributed by atoms with Crippen molar-refractivity contribution in [2.75, 3.05) is 5.32 Å². The molecule has 1 aromatic heterocycles. The number of nitrogens with one attached hydrogen (secondary N) is 1. The number of amides is 1. The van der Waals surface area contributed by atoms with E-state index in [9.17, 15) is 4.79 Å². The van der Waals surface area contributed by atoms with Gasteiger partial charge in [-0.05, 0) is 11.6 Å². The van der Waals surface area contributed by atoms with Crippen molar-refractivity contribution < 1.29 is 4.79 Å². The Hall–Kier alpha value is -3.73. The maximum absolute atomic E-state index is 12.8. The molecule has 1 amide bonds. The lowest BCUT2D eigenvalue weighted by atomic mass is 10.1. The van der Waals surface area contributed by atoms with Crippen molar-refractivity contribution in [3.8, 4) is 11.4 Å². The van der Waals surface area contributed by atoms with E-state index in [4.69, 9.17) is 10.1 Å². The summed E-state index contributed by atoms with van der Waals surface area (Å²) >= 11 is 0. The van der Waals surface area contributed by atoms with E-state index in [0.29, 0.717) is 12.2 Å². The maximum atomic E-state index is 12.8. The maximum Gasteiger partial charge on any atom is 0.254 e. The number of carbonyl (C=O) groups is 1. The normalized spacial score (nSPS) is 15.3. The number of benzene rings is 3. The predicted octanol–water partition coefficient (Wildman–Crippen LogP) is 4.08. The molecule has 5 heteroatoms. The van der Waals surface area contributed by atoms with Gasteiger partial charge in [0.05, 0.1) is 0 Å². The summed E-state index contributed by atoms with van der Waals surface area (Å²) in [4.78, 5) is 17.6. The SMILES string of the molecule is O=C1Nc2ccccc2C1n1nc(-c2ccccc2)nc1Cc1ccccc1. The van der Waals surface area contributed by atoms with E-state index in [1.54, 1.807) is 4.68 Å². The molecule has 1 aliphatic heterocycles. The summed E-state index contributed by atoms with van der Waals surface area (Å²) in [6.45, 7) is 0. The summed E-state index contributed by atoms with van der Waals surface area (Å²) in [6.07, 6.45) is 0.604. The van der Waals surface area contributed by atoms with Crippen molar-refractivity contribution in [1.29, 1.82) is 0 Å². The van der Waals surface area contributed by atoms with Crippen molar-refractivity contribution in [3.63, 3.8) is 0 Å². The van der Waals surface area contributed by atoms with Crippen molar-refractivity contribution in [1.82, 2.24) is 14.8 Å². The molecule has 0 spiro atoms. The van der Waals surface area contributed by atoms with Crippen molar-refractivity contribution in [2.24, 2.45) is 0 Å². The summed E-state index contributed by atoms with van der Waals surface area (Å²) in [5.74, 6) is 1.31. The largest absolute Gasteiger partial charge is 0.324 e. The van der Waals surface area contributed by atoms with Crippen LogP contribution in [-0.4, -0.2) is 20.7 Å². The quantitative estimate of drug-likeness (QED) is 0.592. The number of aromatic nitrogens is 3. The first kappa shape index (κ1) is 16.4. The molecule has 1 unspecified atom stereocenters. The molecular weight excluding hydrogens is 348 g/mol. The number of nitrogens with zero attached hydrogens (tertiary/aromatic N) is 3. The van der Waals surface area contributed by atoms with E-state index in [2.05, 4.69) is 17.4 Å². The molecule has 5 rings (SSSR count). The zero-order valence-electron chi connectivity index (χ0n) is 15.1. The van der Waals surface area contributed by atoms with Gasteiger partial charge in [-0.3, -0.25) is 4.79 Å². The lowest BCUT2D eigenvalue weighted by Crippen LogP contribution is -2.22. The molecule has 0 bridgehead atoms. The molecule has 28 heavy (non-hydrogen) atoms. The van der Waals surface area contributed by atoms with Gasteiger partial charge in [0.2, 0.25) is 0 Å². The van der Waals surface area contributed by atoms with Crippen molar-refractivity contribution >= 4 is 11.6 Å². The van der Waals surface area contributed by atoms with Gasteiger partial charge in [0.15, 0.2) is 11.9 Å². The third-order valence-electron chi connectivity index (χ3n) is 4.95. The highest BCUT2D eigenvalue weighted by molar-refractivity contribution is 6.02. The minimum atomic E-state index is -0.514. The molecule has 4 aromatic rings. The lowest BCUT2D eigenvalue weighted by Gasteiger charge is -2.12. The summed E-state index contributed by atoms with van der Waals surface area (Å²) in [7, 11) is 0. The van der Waals surface area contributed by atoms with E-state index < -0.39 is 6.04 Å². The summed E-state index contributed by atoms with van der Waals surface area (Å²) in [5.41, 5.74) is 3.82. The number of hydrogen-bond donors (Lipinski definition) is 1. The monoisotopic (exact) mass is 366 g/mol. The molecule has 1 atom stereocenters. The minimum Gasteiger partial charge on any atom is -0.324 e. The topological polar surface area (TPSA) is 59.8 Å². The van der Waals surface area contributed by atoms with Gasteiger partial charge >= 0.3 is 0 Å². The summed E-state index contributed by atoms with van der Waals surface area (Å²) < 4.78 is 1.77. The fourth-order valence-electron chi connectivity index (χ4n) is 3.61. The van der Waals surface area contributed by atoms with Crippen LogP contribution in [0, 0.1) is 0 Å². The van der Waals surface area contributed by atoms with Gasteiger partial charge in [0.25, 0.3) is 5.91 Å². The summed E-state index contributed by atoms with van der Waals surface area (Å²) in [5, 5.41) is 7.71. The van der Waals surface area contributed by atoms with Gasteiger partial charge < -0.3 is 5.32 Å². The van der Waals surface area contributed by atoms with Crippen LogP contribution in [0.25, 0.3) is 11.4 Å². The summed E-state index contributed by atoms with van der Waals surface area (Å²) in [6, 6.07) is 27.2. The van der Waals surface area contributed by atoms with Crippen LogP contribution in [0.4, 0.5) is 5.69 Å². The fourth-order valence-corrected chi connectivity index (χ4v) is 3.61. The second-order valence-corrected chi connectivity index (χ2v) is 6.80. The molecule has 0 saturated carbocycles. The first-order valence-corrected chi connectivity index (χ1v) is 9.24. The molecule has 3 aromatic carbocycles. The Bertz CT molecular complexity index is 1140. The fraction of sp³-hybridized carbons (Fsp3) is 0.0870. The molecule has 136 valence electrons. The Labute approximate surface area is 162 Å². The number of fused-ring (bicyclic) bond motifs is 1. The van der Waals surface area contributed by atoms with Crippen LogP contribution in [0.3, 0.4) is 0 Å². The first-order chi connectivity index (χ1) is 13.8. The molecular formula is C23H18N4O. The third-order valence-corrected chi connectivity index (χ3v) is 4.95. The highest BCUT2D eigenvalue weighted by atomic mass is 16.2. The van der Waals surface area contributed by atoms with Crippen molar-refractivity contribution in [3.05, 3.63) is 102 Å². The Kier molecular flexibility index (Phi) is 3.98. The standard InChI is InChI=1S/C23H18N4O/c28-23-21(18-13-7-8-14-19(18)24-23)27-20(15-16-9-3-1-4-10-16)25-22(26-27)17-11-5-2-6-12-17/h1-14,21H,15H2,(H,24,28). The van der Waals surface area contributed by atoms with Gasteiger partial charge in [-0.1, -0.05) is 78.9 Å². The van der Waals surface area contributed by atoms with E-state index in [-0.39, 0.29) is 5.91 Å². The lowest BCUT2D eigenvalue weighted by molar-refractivity contribution is -0.117. The van der Waals surface area contributed by atoms with Crippen LogP contribution < -0.4 is 5.32 Å².